The molecule has 3 heterocycles. The highest BCUT2D eigenvalue weighted by Gasteiger charge is 2.54. The second kappa shape index (κ2) is 9.89. The molecule has 2 saturated heterocycles. The molecule has 2 aromatic carbocycles. The van der Waals surface area contributed by atoms with Crippen LogP contribution in [0.5, 0.6) is 0 Å². The van der Waals surface area contributed by atoms with E-state index in [-0.39, 0.29) is 42.9 Å². The summed E-state index contributed by atoms with van der Waals surface area (Å²) in [7, 11) is 0. The Labute approximate surface area is 209 Å². The normalized spacial score (nSPS) is 20.2. The monoisotopic (exact) mass is 486 g/mol. The average molecular weight is 487 g/mol. The van der Waals surface area contributed by atoms with Gasteiger partial charge >= 0.3 is 0 Å². The predicted octanol–water partition coefficient (Wildman–Crippen LogP) is 3.16. The average Bonchev–Trinajstić information content (AvgIpc) is 3.15. The number of hydrogen-bond donors (Lipinski definition) is 0. The molecule has 2 aliphatic rings. The first-order chi connectivity index (χ1) is 17.5. The van der Waals surface area contributed by atoms with Crippen molar-refractivity contribution in [1.29, 1.82) is 0 Å². The number of halogens is 1. The number of carbonyl (C=O) groups excluding carboxylic acids is 3. The molecule has 8 heteroatoms. The molecule has 0 spiro atoms. The number of benzene rings is 2. The number of carbonyl (C=O) groups is 3. The van der Waals surface area contributed by atoms with Crippen molar-refractivity contribution in [3.8, 4) is 0 Å². The largest absolute Gasteiger partial charge is 0.366 e. The molecule has 7 nitrogen and oxygen atoms in total. The van der Waals surface area contributed by atoms with E-state index in [1.165, 1.54) is 11.0 Å². The third kappa shape index (κ3) is 4.46. The Kier molecular flexibility index (Phi) is 6.50. The molecule has 0 N–H and O–H groups in total. The van der Waals surface area contributed by atoms with Gasteiger partial charge in [0.15, 0.2) is 0 Å². The van der Waals surface area contributed by atoms with Gasteiger partial charge in [0.1, 0.15) is 5.82 Å². The zero-order chi connectivity index (χ0) is 25.1. The molecule has 0 bridgehead atoms. The molecule has 0 aliphatic carbocycles. The number of para-hydroxylation sites is 1. The number of nitrogens with zero attached hydrogens (tertiary/aromatic N) is 4. The molecule has 184 valence electrons. The quantitative estimate of drug-likeness (QED) is 0.501. The third-order valence-corrected chi connectivity index (χ3v) is 7.10. The van der Waals surface area contributed by atoms with Crippen LogP contribution in [0.1, 0.15) is 24.0 Å². The lowest BCUT2D eigenvalue weighted by Gasteiger charge is -2.37. The van der Waals surface area contributed by atoms with Gasteiger partial charge in [0.2, 0.25) is 17.7 Å². The predicted molar refractivity (Wildman–Crippen MR) is 132 cm³/mol. The van der Waals surface area contributed by atoms with E-state index in [4.69, 9.17) is 0 Å². The van der Waals surface area contributed by atoms with Gasteiger partial charge in [0.25, 0.3) is 0 Å². The van der Waals surface area contributed by atoms with Crippen LogP contribution in [0.15, 0.2) is 79.1 Å². The smallest absolute Gasteiger partial charge is 0.241 e. The maximum Gasteiger partial charge on any atom is 0.241 e. The van der Waals surface area contributed by atoms with Gasteiger partial charge in [0.05, 0.1) is 17.6 Å². The fourth-order valence-electron chi connectivity index (χ4n) is 5.13. The van der Waals surface area contributed by atoms with E-state index in [2.05, 4.69) is 4.98 Å². The van der Waals surface area contributed by atoms with E-state index >= 15 is 0 Å². The zero-order valence-corrected chi connectivity index (χ0v) is 19.8. The maximum atomic E-state index is 14.2. The van der Waals surface area contributed by atoms with Gasteiger partial charge in [-0.3, -0.25) is 24.3 Å². The first-order valence-corrected chi connectivity index (χ1v) is 12.0. The molecular weight excluding hydrogens is 459 g/mol. The molecule has 3 aromatic rings. The molecule has 3 amide bonds. The molecule has 1 unspecified atom stereocenters. The van der Waals surface area contributed by atoms with E-state index in [0.717, 1.165) is 5.56 Å². The lowest BCUT2D eigenvalue weighted by molar-refractivity contribution is -0.143. The van der Waals surface area contributed by atoms with Crippen molar-refractivity contribution >= 4 is 23.4 Å². The van der Waals surface area contributed by atoms with Crippen molar-refractivity contribution in [2.24, 2.45) is 0 Å². The minimum atomic E-state index is -1.24. The summed E-state index contributed by atoms with van der Waals surface area (Å²) in [6.07, 6.45) is 3.10. The van der Waals surface area contributed by atoms with E-state index < -0.39 is 5.41 Å². The number of hydrogen-bond acceptors (Lipinski definition) is 5. The van der Waals surface area contributed by atoms with Crippen LogP contribution in [0.2, 0.25) is 0 Å². The number of likely N-dealkylation sites (tertiary alicyclic amines) is 1. The second-order valence-electron chi connectivity index (χ2n) is 9.26. The summed E-state index contributed by atoms with van der Waals surface area (Å²) in [5.74, 6) is -1.12. The van der Waals surface area contributed by atoms with Gasteiger partial charge in [-0.15, -0.1) is 0 Å². The van der Waals surface area contributed by atoms with Gasteiger partial charge in [-0.1, -0.05) is 42.5 Å². The standard InChI is InChI=1S/C28H27FN4O3/c29-23-8-4-5-9-24(23)31-14-16-32(17-15-31)25(34)18-28(22-6-2-1-3-7-22)19-26(35)33(27(28)36)20-21-10-12-30-13-11-21/h1-13H,14-20H2. The van der Waals surface area contributed by atoms with Gasteiger partial charge in [-0.2, -0.15) is 0 Å². The number of aromatic nitrogens is 1. The minimum Gasteiger partial charge on any atom is -0.366 e. The number of amides is 3. The second-order valence-corrected chi connectivity index (χ2v) is 9.26. The highest BCUT2D eigenvalue weighted by atomic mass is 19.1. The lowest BCUT2D eigenvalue weighted by Crippen LogP contribution is -2.51. The molecular formula is C28H27FN4O3. The van der Waals surface area contributed by atoms with Crippen LogP contribution in [-0.2, 0) is 26.3 Å². The zero-order valence-electron chi connectivity index (χ0n) is 19.8. The van der Waals surface area contributed by atoms with Crippen molar-refractivity contribution in [1.82, 2.24) is 14.8 Å². The van der Waals surface area contributed by atoms with Gasteiger partial charge < -0.3 is 9.80 Å². The molecule has 0 saturated carbocycles. The van der Waals surface area contributed by atoms with Gasteiger partial charge in [-0.25, -0.2) is 4.39 Å². The van der Waals surface area contributed by atoms with Crippen LogP contribution in [-0.4, -0.2) is 58.7 Å². The first kappa shape index (κ1) is 23.7. The van der Waals surface area contributed by atoms with Crippen LogP contribution >= 0.6 is 0 Å². The topological polar surface area (TPSA) is 73.8 Å². The van der Waals surface area contributed by atoms with E-state index in [0.29, 0.717) is 37.4 Å². The van der Waals surface area contributed by atoms with Gasteiger partial charge in [-0.05, 0) is 35.4 Å². The Balaban J connectivity index is 1.35. The fourth-order valence-corrected chi connectivity index (χ4v) is 5.13. The number of anilines is 1. The van der Waals surface area contributed by atoms with E-state index in [9.17, 15) is 18.8 Å². The summed E-state index contributed by atoms with van der Waals surface area (Å²) >= 11 is 0. The Morgan fingerprint density at radius 2 is 1.56 bits per heavy atom. The Morgan fingerprint density at radius 1 is 0.889 bits per heavy atom. The molecule has 0 radical (unpaired) electrons. The molecule has 5 rings (SSSR count). The fraction of sp³-hybridized carbons (Fsp3) is 0.286. The molecule has 36 heavy (non-hydrogen) atoms. The number of imide groups is 1. The summed E-state index contributed by atoms with van der Waals surface area (Å²) in [6, 6.07) is 19.2. The maximum absolute atomic E-state index is 14.2. The first-order valence-electron chi connectivity index (χ1n) is 12.0. The highest BCUT2D eigenvalue weighted by molar-refractivity contribution is 6.10. The molecule has 1 atom stereocenters. The summed E-state index contributed by atoms with van der Waals surface area (Å²) in [6.45, 7) is 1.96. The highest BCUT2D eigenvalue weighted by Crippen LogP contribution is 2.41. The molecule has 1 aromatic heterocycles. The summed E-state index contributed by atoms with van der Waals surface area (Å²) < 4.78 is 14.2. The van der Waals surface area contributed by atoms with Crippen LogP contribution in [0, 0.1) is 5.82 Å². The van der Waals surface area contributed by atoms with Crippen LogP contribution < -0.4 is 4.90 Å². The van der Waals surface area contributed by atoms with Crippen molar-refractivity contribution in [2.45, 2.75) is 24.8 Å². The van der Waals surface area contributed by atoms with E-state index in [1.807, 2.05) is 35.2 Å². The third-order valence-electron chi connectivity index (χ3n) is 7.10. The Hall–Kier alpha value is -4.07. The van der Waals surface area contributed by atoms with Crippen molar-refractivity contribution in [3.63, 3.8) is 0 Å². The summed E-state index contributed by atoms with van der Waals surface area (Å²) in [4.78, 5) is 49.3. The van der Waals surface area contributed by atoms with Crippen LogP contribution in [0.25, 0.3) is 0 Å². The van der Waals surface area contributed by atoms with E-state index in [1.54, 1.807) is 47.6 Å². The van der Waals surface area contributed by atoms with Crippen LogP contribution in [0.4, 0.5) is 10.1 Å². The van der Waals surface area contributed by atoms with Crippen LogP contribution in [0.3, 0.4) is 0 Å². The summed E-state index contributed by atoms with van der Waals surface area (Å²) in [5, 5.41) is 0. The minimum absolute atomic E-state index is 0.0537. The van der Waals surface area contributed by atoms with Crippen molar-refractivity contribution in [3.05, 3.63) is 96.1 Å². The van der Waals surface area contributed by atoms with Crippen molar-refractivity contribution in [2.75, 3.05) is 31.1 Å². The Bertz CT molecular complexity index is 1260. The SMILES string of the molecule is O=C(CC1(c2ccccc2)CC(=O)N(Cc2ccncc2)C1=O)N1CCN(c2ccccc2F)CC1. The molecule has 2 aliphatic heterocycles. The lowest BCUT2D eigenvalue weighted by atomic mass is 9.75. The van der Waals surface area contributed by atoms with Gasteiger partial charge in [0, 0.05) is 51.4 Å². The Morgan fingerprint density at radius 3 is 2.25 bits per heavy atom. The summed E-state index contributed by atoms with van der Waals surface area (Å²) in [5.41, 5.74) is 0.740. The number of piperazine rings is 1. The molecule has 2 fully saturated rings. The number of rotatable bonds is 6. The number of pyridine rings is 1. The van der Waals surface area contributed by atoms with Crippen molar-refractivity contribution < 1.29 is 18.8 Å².